The number of aromatic nitrogens is 1. The molecule has 1 atom stereocenters. The van der Waals surface area contributed by atoms with Crippen molar-refractivity contribution in [1.29, 1.82) is 0 Å². The van der Waals surface area contributed by atoms with Crippen LogP contribution < -0.4 is 5.32 Å². The summed E-state index contributed by atoms with van der Waals surface area (Å²) in [6.07, 6.45) is 5.49. The highest BCUT2D eigenvalue weighted by atomic mass is 16.5. The number of hydrogen-bond donors (Lipinski definition) is 1. The molecular formula is C14H21N3O2. The van der Waals surface area contributed by atoms with Crippen LogP contribution in [0.2, 0.25) is 0 Å². The minimum atomic E-state index is 0.0331. The van der Waals surface area contributed by atoms with Gasteiger partial charge in [-0.25, -0.2) is 0 Å². The molecule has 2 rings (SSSR count). The van der Waals surface area contributed by atoms with E-state index in [-0.39, 0.29) is 12.0 Å². The first-order valence-corrected chi connectivity index (χ1v) is 6.76. The summed E-state index contributed by atoms with van der Waals surface area (Å²) in [5, 5.41) is 3.20. The molecule has 1 aliphatic rings. The Labute approximate surface area is 114 Å². The number of nitrogens with zero attached hydrogens (tertiary/aromatic N) is 2. The fourth-order valence-electron chi connectivity index (χ4n) is 2.39. The van der Waals surface area contributed by atoms with Gasteiger partial charge in [0.05, 0.1) is 17.4 Å². The standard InChI is InChI=1S/C14H21N3O2/c1-3-16-13-6-7-15-9-12(13)14(18)17-8-4-5-11(10-17)19-2/h6-7,9,11H,3-5,8,10H2,1-2H3,(H,15,16). The first-order valence-electron chi connectivity index (χ1n) is 6.76. The Morgan fingerprint density at radius 2 is 2.47 bits per heavy atom. The molecule has 1 aliphatic heterocycles. The lowest BCUT2D eigenvalue weighted by Gasteiger charge is -2.32. The average Bonchev–Trinajstić information content (AvgIpc) is 2.47. The van der Waals surface area contributed by atoms with Crippen molar-refractivity contribution in [2.24, 2.45) is 0 Å². The van der Waals surface area contributed by atoms with Gasteiger partial charge in [-0.1, -0.05) is 0 Å². The molecule has 1 amide bonds. The Morgan fingerprint density at radius 3 is 3.21 bits per heavy atom. The van der Waals surface area contributed by atoms with E-state index in [1.807, 2.05) is 17.9 Å². The van der Waals surface area contributed by atoms with Crippen LogP contribution in [0.4, 0.5) is 5.69 Å². The van der Waals surface area contributed by atoms with Crippen molar-refractivity contribution in [3.05, 3.63) is 24.0 Å². The van der Waals surface area contributed by atoms with Crippen molar-refractivity contribution in [1.82, 2.24) is 9.88 Å². The van der Waals surface area contributed by atoms with Gasteiger partial charge in [-0.15, -0.1) is 0 Å². The molecule has 0 spiro atoms. The summed E-state index contributed by atoms with van der Waals surface area (Å²) < 4.78 is 5.36. The summed E-state index contributed by atoms with van der Waals surface area (Å²) in [6.45, 7) is 4.25. The van der Waals surface area contributed by atoms with Crippen LogP contribution in [0.5, 0.6) is 0 Å². The number of nitrogens with one attached hydrogen (secondary N) is 1. The van der Waals surface area contributed by atoms with Crippen LogP contribution in [-0.2, 0) is 4.74 Å². The van der Waals surface area contributed by atoms with Crippen LogP contribution in [0.1, 0.15) is 30.1 Å². The maximum atomic E-state index is 12.5. The highest BCUT2D eigenvalue weighted by Gasteiger charge is 2.25. The second-order valence-electron chi connectivity index (χ2n) is 4.70. The highest BCUT2D eigenvalue weighted by molar-refractivity contribution is 5.99. The third-order valence-electron chi connectivity index (χ3n) is 3.42. The number of amides is 1. The van der Waals surface area contributed by atoms with Crippen LogP contribution >= 0.6 is 0 Å². The van der Waals surface area contributed by atoms with Gasteiger partial charge in [0.25, 0.3) is 5.91 Å². The Bertz CT molecular complexity index is 436. The quantitative estimate of drug-likeness (QED) is 0.899. The predicted octanol–water partition coefficient (Wildman–Crippen LogP) is 1.76. The molecule has 5 nitrogen and oxygen atoms in total. The zero-order valence-corrected chi connectivity index (χ0v) is 11.6. The lowest BCUT2D eigenvalue weighted by atomic mass is 10.1. The number of hydrogen-bond acceptors (Lipinski definition) is 4. The van der Waals surface area contributed by atoms with Crippen molar-refractivity contribution < 1.29 is 9.53 Å². The van der Waals surface area contributed by atoms with Gasteiger partial charge in [0.1, 0.15) is 0 Å². The molecule has 19 heavy (non-hydrogen) atoms. The first kappa shape index (κ1) is 13.8. The molecule has 1 N–H and O–H groups in total. The van der Waals surface area contributed by atoms with Gasteiger partial charge in [0.15, 0.2) is 0 Å². The second-order valence-corrected chi connectivity index (χ2v) is 4.70. The lowest BCUT2D eigenvalue weighted by Crippen LogP contribution is -2.43. The number of rotatable bonds is 4. The minimum Gasteiger partial charge on any atom is -0.385 e. The average molecular weight is 263 g/mol. The first-order chi connectivity index (χ1) is 9.26. The third kappa shape index (κ3) is 3.23. The number of methoxy groups -OCH3 is 1. The predicted molar refractivity (Wildman–Crippen MR) is 74.3 cm³/mol. The van der Waals surface area contributed by atoms with E-state index in [9.17, 15) is 4.79 Å². The molecule has 0 aliphatic carbocycles. The van der Waals surface area contributed by atoms with Crippen molar-refractivity contribution >= 4 is 11.6 Å². The van der Waals surface area contributed by atoms with Gasteiger partial charge in [-0.05, 0) is 25.8 Å². The third-order valence-corrected chi connectivity index (χ3v) is 3.42. The van der Waals surface area contributed by atoms with Crippen molar-refractivity contribution in [3.63, 3.8) is 0 Å². The van der Waals surface area contributed by atoms with Gasteiger partial charge < -0.3 is 15.0 Å². The Balaban J connectivity index is 2.14. The van der Waals surface area contributed by atoms with E-state index in [0.29, 0.717) is 12.1 Å². The van der Waals surface area contributed by atoms with Crippen LogP contribution in [0.3, 0.4) is 0 Å². The molecule has 0 radical (unpaired) electrons. The number of carbonyl (C=O) groups excluding carboxylic acids is 1. The Hall–Kier alpha value is -1.62. The Morgan fingerprint density at radius 1 is 1.63 bits per heavy atom. The van der Waals surface area contributed by atoms with Crippen LogP contribution in [0.25, 0.3) is 0 Å². The zero-order valence-electron chi connectivity index (χ0n) is 11.6. The topological polar surface area (TPSA) is 54.5 Å². The van der Waals surface area contributed by atoms with E-state index in [4.69, 9.17) is 4.74 Å². The number of pyridine rings is 1. The van der Waals surface area contributed by atoms with Gasteiger partial charge >= 0.3 is 0 Å². The molecule has 104 valence electrons. The summed E-state index contributed by atoms with van der Waals surface area (Å²) in [6, 6.07) is 1.84. The monoisotopic (exact) mass is 263 g/mol. The van der Waals surface area contributed by atoms with Crippen molar-refractivity contribution in [2.45, 2.75) is 25.9 Å². The fraction of sp³-hybridized carbons (Fsp3) is 0.571. The normalized spacial score (nSPS) is 19.3. The van der Waals surface area contributed by atoms with Gasteiger partial charge in [0.2, 0.25) is 0 Å². The smallest absolute Gasteiger partial charge is 0.257 e. The maximum absolute atomic E-state index is 12.5. The molecule has 0 bridgehead atoms. The summed E-state index contributed by atoms with van der Waals surface area (Å²) >= 11 is 0. The lowest BCUT2D eigenvalue weighted by molar-refractivity contribution is 0.0269. The van der Waals surface area contributed by atoms with Crippen molar-refractivity contribution in [2.75, 3.05) is 32.1 Å². The van der Waals surface area contributed by atoms with E-state index < -0.39 is 0 Å². The molecule has 5 heteroatoms. The van der Waals surface area contributed by atoms with Gasteiger partial charge in [0, 0.05) is 39.1 Å². The van der Waals surface area contributed by atoms with Crippen LogP contribution in [0.15, 0.2) is 18.5 Å². The summed E-state index contributed by atoms with van der Waals surface area (Å²) in [5.41, 5.74) is 1.49. The second kappa shape index (κ2) is 6.52. The summed E-state index contributed by atoms with van der Waals surface area (Å²) in [7, 11) is 1.70. The molecule has 1 aromatic heterocycles. The number of ether oxygens (including phenoxy) is 1. The summed E-state index contributed by atoms with van der Waals surface area (Å²) in [4.78, 5) is 18.5. The SMILES string of the molecule is CCNc1ccncc1C(=O)N1CCCC(OC)C1. The Kier molecular flexibility index (Phi) is 4.74. The van der Waals surface area contributed by atoms with Crippen molar-refractivity contribution in [3.8, 4) is 0 Å². The van der Waals surface area contributed by atoms with E-state index in [1.54, 1.807) is 19.5 Å². The molecular weight excluding hydrogens is 242 g/mol. The van der Waals surface area contributed by atoms with E-state index in [1.165, 1.54) is 0 Å². The molecule has 1 aromatic rings. The number of likely N-dealkylation sites (tertiary alicyclic amines) is 1. The molecule has 2 heterocycles. The van der Waals surface area contributed by atoms with Crippen LogP contribution in [0, 0.1) is 0 Å². The molecule has 1 unspecified atom stereocenters. The summed E-state index contributed by atoms with van der Waals surface area (Å²) in [5.74, 6) is 0.0331. The highest BCUT2D eigenvalue weighted by Crippen LogP contribution is 2.19. The van der Waals surface area contributed by atoms with E-state index in [2.05, 4.69) is 10.3 Å². The fourth-order valence-corrected chi connectivity index (χ4v) is 2.39. The molecule has 1 fully saturated rings. The number of anilines is 1. The number of carbonyl (C=O) groups is 1. The largest absolute Gasteiger partial charge is 0.385 e. The minimum absolute atomic E-state index is 0.0331. The zero-order chi connectivity index (χ0) is 13.7. The van der Waals surface area contributed by atoms with E-state index >= 15 is 0 Å². The maximum Gasteiger partial charge on any atom is 0.257 e. The number of piperidine rings is 1. The van der Waals surface area contributed by atoms with E-state index in [0.717, 1.165) is 31.6 Å². The molecule has 0 saturated carbocycles. The molecule has 0 aromatic carbocycles. The van der Waals surface area contributed by atoms with Gasteiger partial charge in [-0.3, -0.25) is 9.78 Å². The molecule has 1 saturated heterocycles. The van der Waals surface area contributed by atoms with Crippen LogP contribution in [-0.4, -0.2) is 48.6 Å². The van der Waals surface area contributed by atoms with Gasteiger partial charge in [-0.2, -0.15) is 0 Å².